The molecule has 1 aromatic carbocycles. The number of ketones is 2. The molecule has 0 aliphatic heterocycles. The summed E-state index contributed by atoms with van der Waals surface area (Å²) >= 11 is 0. The number of hydrogen-bond donors (Lipinski definition) is 0. The van der Waals surface area contributed by atoms with E-state index in [0.29, 0.717) is 40.2 Å². The maximum absolute atomic E-state index is 12.9. The van der Waals surface area contributed by atoms with Crippen LogP contribution in [0.1, 0.15) is 79.5 Å². The summed E-state index contributed by atoms with van der Waals surface area (Å²) < 4.78 is 10.5. The highest BCUT2D eigenvalue weighted by molar-refractivity contribution is 6.27. The molecule has 1 aromatic rings. The standard InChI is InChI=1S/C21H28O4/c1-5-6-7-8-9-10-11-15-14(2)20(22)16-12-18(24-3)19(25-4)13-17(16)21(15)23/h12-13H,5-11H2,1-4H3. The van der Waals surface area contributed by atoms with Gasteiger partial charge < -0.3 is 9.47 Å². The zero-order chi connectivity index (χ0) is 18.4. The molecule has 0 spiro atoms. The van der Waals surface area contributed by atoms with E-state index in [1.165, 1.54) is 39.9 Å². The second-order valence-corrected chi connectivity index (χ2v) is 6.53. The third kappa shape index (κ3) is 4.12. The quantitative estimate of drug-likeness (QED) is 0.581. The summed E-state index contributed by atoms with van der Waals surface area (Å²) in [6.07, 6.45) is 7.60. The molecule has 0 bridgehead atoms. The van der Waals surface area contributed by atoms with Crippen LogP contribution in [0.5, 0.6) is 11.5 Å². The highest BCUT2D eigenvalue weighted by atomic mass is 16.5. The number of benzene rings is 1. The molecule has 0 saturated heterocycles. The van der Waals surface area contributed by atoms with E-state index in [-0.39, 0.29) is 11.6 Å². The number of unbranched alkanes of at least 4 members (excludes halogenated alkanes) is 5. The molecular formula is C21H28O4. The van der Waals surface area contributed by atoms with Gasteiger partial charge in [-0.2, -0.15) is 0 Å². The molecule has 0 atom stereocenters. The average molecular weight is 344 g/mol. The fourth-order valence-electron chi connectivity index (χ4n) is 3.31. The second-order valence-electron chi connectivity index (χ2n) is 6.53. The molecule has 0 aromatic heterocycles. The minimum absolute atomic E-state index is 0.0541. The summed E-state index contributed by atoms with van der Waals surface area (Å²) in [7, 11) is 3.05. The predicted octanol–water partition coefficient (Wildman–Crippen LogP) is 5.15. The largest absolute Gasteiger partial charge is 0.493 e. The molecule has 4 heteroatoms. The monoisotopic (exact) mass is 344 g/mol. The highest BCUT2D eigenvalue weighted by Crippen LogP contribution is 2.36. The molecule has 4 nitrogen and oxygen atoms in total. The Balaban J connectivity index is 2.18. The van der Waals surface area contributed by atoms with Gasteiger partial charge in [-0.25, -0.2) is 0 Å². The lowest BCUT2D eigenvalue weighted by atomic mass is 9.82. The van der Waals surface area contributed by atoms with Gasteiger partial charge in [0.25, 0.3) is 0 Å². The van der Waals surface area contributed by atoms with Crippen molar-refractivity contribution in [3.05, 3.63) is 34.4 Å². The van der Waals surface area contributed by atoms with E-state index < -0.39 is 0 Å². The number of carbonyl (C=O) groups is 2. The minimum atomic E-state index is -0.0865. The van der Waals surface area contributed by atoms with Crippen molar-refractivity contribution in [2.75, 3.05) is 14.2 Å². The Bertz CT molecular complexity index is 685. The first-order valence-electron chi connectivity index (χ1n) is 9.10. The lowest BCUT2D eigenvalue weighted by molar-refractivity contribution is 0.0971. The van der Waals surface area contributed by atoms with Crippen LogP contribution < -0.4 is 9.47 Å². The molecule has 1 aliphatic rings. The van der Waals surface area contributed by atoms with Crippen molar-refractivity contribution in [3.63, 3.8) is 0 Å². The van der Waals surface area contributed by atoms with Crippen LogP contribution in [0.3, 0.4) is 0 Å². The number of carbonyl (C=O) groups excluding carboxylic acids is 2. The highest BCUT2D eigenvalue weighted by Gasteiger charge is 2.31. The normalized spacial score (nSPS) is 13.9. The summed E-state index contributed by atoms with van der Waals surface area (Å²) in [5.74, 6) is 0.800. The number of rotatable bonds is 9. The fourth-order valence-corrected chi connectivity index (χ4v) is 3.31. The van der Waals surface area contributed by atoms with E-state index in [2.05, 4.69) is 6.92 Å². The predicted molar refractivity (Wildman–Crippen MR) is 98.9 cm³/mol. The van der Waals surface area contributed by atoms with Gasteiger partial charge in [-0.3, -0.25) is 9.59 Å². The average Bonchev–Trinajstić information content (AvgIpc) is 2.63. The molecule has 0 radical (unpaired) electrons. The summed E-state index contributed by atoms with van der Waals surface area (Å²) in [6.45, 7) is 3.95. The SMILES string of the molecule is CCCCCCCCC1=C(C)C(=O)c2cc(OC)c(OC)cc2C1=O. The maximum atomic E-state index is 12.9. The zero-order valence-corrected chi connectivity index (χ0v) is 15.7. The van der Waals surface area contributed by atoms with Gasteiger partial charge in [-0.05, 0) is 31.9 Å². The lowest BCUT2D eigenvalue weighted by Crippen LogP contribution is -2.21. The van der Waals surface area contributed by atoms with Crippen LogP contribution in [0, 0.1) is 0 Å². The van der Waals surface area contributed by atoms with Crippen LogP contribution in [0.4, 0.5) is 0 Å². The molecular weight excluding hydrogens is 316 g/mol. The van der Waals surface area contributed by atoms with E-state index in [9.17, 15) is 9.59 Å². The number of Topliss-reactive ketones (excluding diaryl/α,β-unsaturated/α-hetero) is 2. The van der Waals surface area contributed by atoms with Crippen molar-refractivity contribution in [3.8, 4) is 11.5 Å². The Kier molecular flexibility index (Phi) is 6.80. The van der Waals surface area contributed by atoms with Gasteiger partial charge in [0, 0.05) is 22.3 Å². The lowest BCUT2D eigenvalue weighted by Gasteiger charge is -2.21. The van der Waals surface area contributed by atoms with E-state index in [4.69, 9.17) is 9.47 Å². The smallest absolute Gasteiger partial charge is 0.190 e. The van der Waals surface area contributed by atoms with Gasteiger partial charge in [-0.15, -0.1) is 0 Å². The van der Waals surface area contributed by atoms with Crippen LogP contribution in [0.2, 0.25) is 0 Å². The van der Waals surface area contributed by atoms with Gasteiger partial charge in [0.2, 0.25) is 0 Å². The molecule has 136 valence electrons. The second kappa shape index (κ2) is 8.84. The Morgan fingerprint density at radius 1 is 0.800 bits per heavy atom. The van der Waals surface area contributed by atoms with Crippen molar-refractivity contribution < 1.29 is 19.1 Å². The van der Waals surface area contributed by atoms with Crippen molar-refractivity contribution in [2.45, 2.75) is 58.8 Å². The van der Waals surface area contributed by atoms with E-state index in [1.807, 2.05) is 0 Å². The Hall–Kier alpha value is -2.10. The molecule has 25 heavy (non-hydrogen) atoms. The van der Waals surface area contributed by atoms with Crippen molar-refractivity contribution >= 4 is 11.6 Å². The molecule has 0 fully saturated rings. The van der Waals surface area contributed by atoms with Gasteiger partial charge in [-0.1, -0.05) is 39.0 Å². The number of hydrogen-bond acceptors (Lipinski definition) is 4. The first-order chi connectivity index (χ1) is 12.0. The molecule has 2 rings (SSSR count). The van der Waals surface area contributed by atoms with Crippen LogP contribution in [0.15, 0.2) is 23.3 Å². The third-order valence-corrected chi connectivity index (χ3v) is 4.86. The van der Waals surface area contributed by atoms with Gasteiger partial charge in [0.15, 0.2) is 23.1 Å². The van der Waals surface area contributed by atoms with E-state index in [0.717, 1.165) is 12.8 Å². The van der Waals surface area contributed by atoms with Gasteiger partial charge >= 0.3 is 0 Å². The van der Waals surface area contributed by atoms with Crippen LogP contribution in [-0.4, -0.2) is 25.8 Å². The van der Waals surface area contributed by atoms with Crippen molar-refractivity contribution in [2.24, 2.45) is 0 Å². The van der Waals surface area contributed by atoms with Gasteiger partial charge in [0.05, 0.1) is 14.2 Å². The Morgan fingerprint density at radius 2 is 1.32 bits per heavy atom. The topological polar surface area (TPSA) is 52.6 Å². The molecule has 0 amide bonds. The molecule has 0 unspecified atom stereocenters. The summed E-state index contributed by atoms with van der Waals surface area (Å²) in [6, 6.07) is 3.24. The summed E-state index contributed by atoms with van der Waals surface area (Å²) in [4.78, 5) is 25.6. The number of ether oxygens (including phenoxy) is 2. The van der Waals surface area contributed by atoms with Crippen molar-refractivity contribution in [1.29, 1.82) is 0 Å². The fraction of sp³-hybridized carbons (Fsp3) is 0.524. The minimum Gasteiger partial charge on any atom is -0.493 e. The Labute approximate surface area is 150 Å². The van der Waals surface area contributed by atoms with E-state index in [1.54, 1.807) is 19.1 Å². The van der Waals surface area contributed by atoms with E-state index >= 15 is 0 Å². The maximum Gasteiger partial charge on any atom is 0.190 e. The number of methoxy groups -OCH3 is 2. The first kappa shape index (κ1) is 19.2. The summed E-state index contributed by atoms with van der Waals surface area (Å²) in [5.41, 5.74) is 2.06. The van der Waals surface area contributed by atoms with Crippen LogP contribution in [-0.2, 0) is 0 Å². The molecule has 0 N–H and O–H groups in total. The third-order valence-electron chi connectivity index (χ3n) is 4.86. The van der Waals surface area contributed by atoms with Gasteiger partial charge in [0.1, 0.15) is 0 Å². The number of fused-ring (bicyclic) bond motifs is 1. The molecule has 0 saturated carbocycles. The number of allylic oxidation sites excluding steroid dienone is 2. The summed E-state index contributed by atoms with van der Waals surface area (Å²) in [5, 5.41) is 0. The van der Waals surface area contributed by atoms with Crippen molar-refractivity contribution in [1.82, 2.24) is 0 Å². The van der Waals surface area contributed by atoms with Crippen LogP contribution >= 0.6 is 0 Å². The molecule has 0 heterocycles. The Morgan fingerprint density at radius 3 is 1.88 bits per heavy atom. The molecule has 1 aliphatic carbocycles. The first-order valence-corrected chi connectivity index (χ1v) is 9.10. The zero-order valence-electron chi connectivity index (χ0n) is 15.7. The van der Waals surface area contributed by atoms with Crippen LogP contribution in [0.25, 0.3) is 0 Å².